The summed E-state index contributed by atoms with van der Waals surface area (Å²) in [5, 5.41) is 12.2. The van der Waals surface area contributed by atoms with Gasteiger partial charge in [0.15, 0.2) is 0 Å². The predicted molar refractivity (Wildman–Crippen MR) is 33.4 cm³/mol. The zero-order valence-corrected chi connectivity index (χ0v) is 5.39. The van der Waals surface area contributed by atoms with E-state index in [1.807, 2.05) is 0 Å². The molecular weight excluding hydrogens is 118 g/mol. The van der Waals surface area contributed by atoms with Gasteiger partial charge in [0.05, 0.1) is 6.61 Å². The fourth-order valence-corrected chi connectivity index (χ4v) is 0.385. The molecule has 0 aliphatic heterocycles. The average Bonchev–Trinajstić information content (AvgIpc) is 1.85. The van der Waals surface area contributed by atoms with Gasteiger partial charge in [-0.1, -0.05) is 6.08 Å². The minimum Gasteiger partial charge on any atom is -0.350 e. The lowest BCUT2D eigenvalue weighted by molar-refractivity contribution is -0.116. The molecule has 0 saturated heterocycles. The summed E-state index contributed by atoms with van der Waals surface area (Å²) >= 11 is 0. The first-order chi connectivity index (χ1) is 4.31. The van der Waals surface area contributed by atoms with Crippen LogP contribution in [0.2, 0.25) is 0 Å². The van der Waals surface area contributed by atoms with Crippen LogP contribution in [0.3, 0.4) is 0 Å². The van der Waals surface area contributed by atoms with Gasteiger partial charge in [0.25, 0.3) is 0 Å². The van der Waals surface area contributed by atoms with E-state index >= 15 is 0 Å². The average molecular weight is 128 g/mol. The largest absolute Gasteiger partial charge is 0.350 e. The van der Waals surface area contributed by atoms with Crippen LogP contribution in [0.25, 0.3) is 0 Å². The Morgan fingerprint density at radius 2 is 2.33 bits per heavy atom. The minimum absolute atomic E-state index is 0.201. The van der Waals surface area contributed by atoms with Crippen molar-refractivity contribution in [1.29, 1.82) is 0 Å². The highest BCUT2D eigenvalue weighted by Gasteiger charge is 1.89. The summed E-state index contributed by atoms with van der Waals surface area (Å²) in [4.78, 5) is 10.5. The highest BCUT2D eigenvalue weighted by Crippen LogP contribution is 1.69. The van der Waals surface area contributed by atoms with Crippen molar-refractivity contribution in [2.75, 3.05) is 13.2 Å². The molecule has 0 aromatic heterocycles. The second-order valence-electron chi connectivity index (χ2n) is 1.50. The highest BCUT2D eigenvalue weighted by atomic mass is 16.3. The Labute approximate surface area is 54.4 Å². The number of rotatable bonds is 3. The van der Waals surface area contributed by atoms with E-state index in [-0.39, 0.29) is 19.1 Å². The van der Waals surface area contributed by atoms with Crippen LogP contribution in [-0.2, 0) is 9.90 Å². The molecule has 0 aliphatic carbocycles. The van der Waals surface area contributed by atoms with Crippen molar-refractivity contribution in [1.82, 2.24) is 5.32 Å². The maximum absolute atomic E-state index is 10.5. The van der Waals surface area contributed by atoms with Gasteiger partial charge in [0.1, 0.15) is 0 Å². The Kier molecular flexibility index (Phi) is 4.82. The molecule has 0 aromatic rings. The van der Waals surface area contributed by atoms with Crippen LogP contribution < -0.4 is 5.32 Å². The van der Waals surface area contributed by atoms with Crippen LogP contribution in [0.15, 0.2) is 12.2 Å². The zero-order chi connectivity index (χ0) is 7.11. The first-order valence-corrected chi connectivity index (χ1v) is 2.80. The van der Waals surface area contributed by atoms with E-state index in [2.05, 4.69) is 5.32 Å². The quantitative estimate of drug-likeness (QED) is 0.539. The second-order valence-corrected chi connectivity index (χ2v) is 1.50. The van der Waals surface area contributed by atoms with Crippen LogP contribution in [0.4, 0.5) is 0 Å². The van der Waals surface area contributed by atoms with E-state index in [9.17, 15) is 9.90 Å². The van der Waals surface area contributed by atoms with Gasteiger partial charge in [-0.2, -0.15) is 0 Å². The molecule has 0 fully saturated rings. The van der Waals surface area contributed by atoms with Crippen LogP contribution in [0.1, 0.15) is 6.92 Å². The third-order valence-electron chi connectivity index (χ3n) is 0.719. The fourth-order valence-electron chi connectivity index (χ4n) is 0.385. The molecule has 0 aromatic carbocycles. The summed E-state index contributed by atoms with van der Waals surface area (Å²) in [5.74, 6) is -0.201. The molecule has 0 aliphatic rings. The molecule has 3 nitrogen and oxygen atoms in total. The fraction of sp³-hybridized carbons (Fsp3) is 0.500. The summed E-state index contributed by atoms with van der Waals surface area (Å²) in [6, 6.07) is 0. The third kappa shape index (κ3) is 5.03. The lowest BCUT2D eigenvalue weighted by atomic mass is 10.5. The molecule has 9 heavy (non-hydrogen) atoms. The molecule has 1 radical (unpaired) electrons. The molecular formula is C6H10NO2. The van der Waals surface area contributed by atoms with E-state index in [0.717, 1.165) is 0 Å². The molecule has 0 heterocycles. The summed E-state index contributed by atoms with van der Waals surface area (Å²) < 4.78 is 0. The van der Waals surface area contributed by atoms with Crippen molar-refractivity contribution >= 4 is 5.91 Å². The monoisotopic (exact) mass is 128 g/mol. The van der Waals surface area contributed by atoms with Gasteiger partial charge in [0, 0.05) is 6.54 Å². The molecule has 1 N–H and O–H groups in total. The number of carbonyl (C=O) groups excluding carboxylic acids is 1. The van der Waals surface area contributed by atoms with Crippen molar-refractivity contribution in [3.63, 3.8) is 0 Å². The van der Waals surface area contributed by atoms with E-state index in [1.54, 1.807) is 13.0 Å². The van der Waals surface area contributed by atoms with Crippen molar-refractivity contribution < 1.29 is 9.90 Å². The Bertz CT molecular complexity index is 110. The van der Waals surface area contributed by atoms with Crippen LogP contribution in [-0.4, -0.2) is 19.1 Å². The van der Waals surface area contributed by atoms with Crippen molar-refractivity contribution in [2.45, 2.75) is 6.92 Å². The number of hydrogen-bond acceptors (Lipinski definition) is 1. The number of nitrogens with one attached hydrogen (secondary N) is 1. The van der Waals surface area contributed by atoms with Gasteiger partial charge in [-0.25, -0.2) is 5.11 Å². The molecule has 0 rings (SSSR count). The minimum atomic E-state index is -0.261. The normalized spacial score (nSPS) is 10.0. The summed E-state index contributed by atoms with van der Waals surface area (Å²) in [6.07, 6.45) is 3.01. The first-order valence-electron chi connectivity index (χ1n) is 2.80. The Morgan fingerprint density at radius 3 is 2.78 bits per heavy atom. The van der Waals surface area contributed by atoms with E-state index in [0.29, 0.717) is 0 Å². The molecule has 0 spiro atoms. The van der Waals surface area contributed by atoms with Gasteiger partial charge < -0.3 is 5.32 Å². The van der Waals surface area contributed by atoms with E-state index in [1.165, 1.54) is 6.08 Å². The molecule has 51 valence electrons. The first kappa shape index (κ1) is 8.17. The maximum atomic E-state index is 10.5. The maximum Gasteiger partial charge on any atom is 0.243 e. The Morgan fingerprint density at radius 1 is 1.67 bits per heavy atom. The molecule has 0 unspecified atom stereocenters. The Hall–Kier alpha value is -0.830. The number of allylic oxidation sites excluding steroid dienone is 1. The van der Waals surface area contributed by atoms with Crippen LogP contribution >= 0.6 is 0 Å². The summed E-state index contributed by atoms with van der Waals surface area (Å²) in [7, 11) is 0. The topological polar surface area (TPSA) is 49.0 Å². The number of carbonyl (C=O) groups is 1. The second kappa shape index (κ2) is 5.31. The van der Waals surface area contributed by atoms with Crippen molar-refractivity contribution in [2.24, 2.45) is 0 Å². The Balaban J connectivity index is 3.27. The highest BCUT2D eigenvalue weighted by molar-refractivity contribution is 5.87. The lowest BCUT2D eigenvalue weighted by Gasteiger charge is -1.93. The smallest absolute Gasteiger partial charge is 0.243 e. The van der Waals surface area contributed by atoms with E-state index < -0.39 is 0 Å². The van der Waals surface area contributed by atoms with Crippen LogP contribution in [0, 0.1) is 0 Å². The van der Waals surface area contributed by atoms with Crippen molar-refractivity contribution in [3.05, 3.63) is 12.2 Å². The molecule has 1 amide bonds. The molecule has 0 bridgehead atoms. The van der Waals surface area contributed by atoms with Crippen LogP contribution in [0.5, 0.6) is 0 Å². The van der Waals surface area contributed by atoms with Gasteiger partial charge in [0.2, 0.25) is 5.91 Å². The molecule has 0 saturated carbocycles. The lowest BCUT2D eigenvalue weighted by Crippen LogP contribution is -2.23. The predicted octanol–water partition coefficient (Wildman–Crippen LogP) is 0.109. The van der Waals surface area contributed by atoms with E-state index in [4.69, 9.17) is 0 Å². The number of amides is 1. The number of hydrogen-bond donors (Lipinski definition) is 1. The zero-order valence-electron chi connectivity index (χ0n) is 5.39. The molecule has 0 atom stereocenters. The SMILES string of the molecule is C/C=C/C(=O)NCC[O]. The molecule has 3 heteroatoms. The van der Waals surface area contributed by atoms with Gasteiger partial charge in [-0.3, -0.25) is 4.79 Å². The van der Waals surface area contributed by atoms with Gasteiger partial charge in [-0.05, 0) is 13.0 Å². The summed E-state index contributed by atoms with van der Waals surface area (Å²) in [5.41, 5.74) is 0. The van der Waals surface area contributed by atoms with Crippen molar-refractivity contribution in [3.8, 4) is 0 Å². The standard InChI is InChI=1S/C6H10NO2/c1-2-3-6(9)7-4-5-8/h2-3H,4-5H2,1H3,(H,7,9)/b3-2+. The third-order valence-corrected chi connectivity index (χ3v) is 0.719. The summed E-state index contributed by atoms with van der Waals surface area (Å²) in [6.45, 7) is 1.70. The van der Waals surface area contributed by atoms with Gasteiger partial charge >= 0.3 is 0 Å². The van der Waals surface area contributed by atoms with Gasteiger partial charge in [-0.15, -0.1) is 0 Å².